The summed E-state index contributed by atoms with van der Waals surface area (Å²) in [5, 5.41) is 6.92. The number of nitrogens with one attached hydrogen (secondary N) is 1. The molecule has 0 atom stereocenters. The molecule has 1 N–H and O–H groups in total. The molecule has 1 fully saturated rings. The van der Waals surface area contributed by atoms with Crippen molar-refractivity contribution in [3.63, 3.8) is 0 Å². The molecule has 1 aromatic heterocycles. The molecule has 0 aromatic carbocycles. The van der Waals surface area contributed by atoms with Gasteiger partial charge >= 0.3 is 0 Å². The predicted octanol–water partition coefficient (Wildman–Crippen LogP) is 2.66. The molecule has 0 spiro atoms. The first-order valence-corrected chi connectivity index (χ1v) is 5.40. The quantitative estimate of drug-likeness (QED) is 0.578. The topological polar surface area (TPSA) is 45.8 Å². The number of aromatic amines is 1. The highest BCUT2D eigenvalue weighted by Crippen LogP contribution is 2.30. The molecule has 2 rings (SSSR count). The molecule has 1 heterocycles. The smallest absolute Gasteiger partial charge is 0.170 e. The third-order valence-corrected chi connectivity index (χ3v) is 3.03. The maximum absolute atomic E-state index is 10.5. The number of aldehydes is 1. The molecule has 0 saturated heterocycles. The molecule has 0 amide bonds. The summed E-state index contributed by atoms with van der Waals surface area (Å²) >= 11 is 0. The van der Waals surface area contributed by atoms with Gasteiger partial charge in [-0.05, 0) is 18.9 Å². The maximum atomic E-state index is 10.5. The average molecular weight is 192 g/mol. The second-order valence-corrected chi connectivity index (χ2v) is 4.05. The Morgan fingerprint density at radius 2 is 2.00 bits per heavy atom. The second kappa shape index (κ2) is 4.40. The summed E-state index contributed by atoms with van der Waals surface area (Å²) in [6.45, 7) is 0. The minimum absolute atomic E-state index is 0.532. The maximum Gasteiger partial charge on any atom is 0.170 e. The van der Waals surface area contributed by atoms with E-state index in [2.05, 4.69) is 10.2 Å². The van der Waals surface area contributed by atoms with Crippen LogP contribution in [0.25, 0.3) is 0 Å². The van der Waals surface area contributed by atoms with E-state index < -0.39 is 0 Å². The van der Waals surface area contributed by atoms with Crippen LogP contribution in [0, 0.1) is 0 Å². The van der Waals surface area contributed by atoms with Crippen molar-refractivity contribution in [1.29, 1.82) is 0 Å². The lowest BCUT2D eigenvalue weighted by Crippen LogP contribution is -1.97. The van der Waals surface area contributed by atoms with Gasteiger partial charge in [0.25, 0.3) is 0 Å². The van der Waals surface area contributed by atoms with Crippen LogP contribution >= 0.6 is 0 Å². The van der Waals surface area contributed by atoms with Crippen LogP contribution < -0.4 is 0 Å². The molecule has 1 aromatic rings. The van der Waals surface area contributed by atoms with Crippen molar-refractivity contribution < 1.29 is 4.79 Å². The Bertz CT molecular complexity index is 298. The van der Waals surface area contributed by atoms with Gasteiger partial charge in [0.15, 0.2) is 6.29 Å². The minimum atomic E-state index is 0.532. The van der Waals surface area contributed by atoms with Gasteiger partial charge < -0.3 is 0 Å². The molecule has 3 nitrogen and oxygen atoms in total. The van der Waals surface area contributed by atoms with E-state index in [4.69, 9.17) is 0 Å². The molecule has 0 aliphatic heterocycles. The van der Waals surface area contributed by atoms with Crippen molar-refractivity contribution in [3.8, 4) is 0 Å². The normalized spacial score (nSPS) is 19.1. The summed E-state index contributed by atoms with van der Waals surface area (Å²) < 4.78 is 0. The number of carbonyl (C=O) groups excluding carboxylic acids is 1. The molecule has 0 bridgehead atoms. The lowest BCUT2D eigenvalue weighted by molar-refractivity contribution is 0.111. The van der Waals surface area contributed by atoms with Gasteiger partial charge in [-0.3, -0.25) is 9.89 Å². The zero-order valence-corrected chi connectivity index (χ0v) is 8.33. The van der Waals surface area contributed by atoms with Crippen LogP contribution in [0.1, 0.15) is 60.6 Å². The molecule has 3 heteroatoms. The summed E-state index contributed by atoms with van der Waals surface area (Å²) in [7, 11) is 0. The Balaban J connectivity index is 2.08. The number of hydrogen-bond donors (Lipinski definition) is 1. The Hall–Kier alpha value is -1.12. The third-order valence-electron chi connectivity index (χ3n) is 3.03. The molecule has 1 saturated carbocycles. The monoisotopic (exact) mass is 192 g/mol. The Kier molecular flexibility index (Phi) is 2.96. The van der Waals surface area contributed by atoms with E-state index in [1.807, 2.05) is 6.07 Å². The summed E-state index contributed by atoms with van der Waals surface area (Å²) in [6, 6.07) is 1.89. The van der Waals surface area contributed by atoms with Crippen molar-refractivity contribution in [1.82, 2.24) is 10.2 Å². The van der Waals surface area contributed by atoms with Gasteiger partial charge in [-0.2, -0.15) is 5.10 Å². The van der Waals surface area contributed by atoms with Crippen LogP contribution in [0.2, 0.25) is 0 Å². The van der Waals surface area contributed by atoms with Gasteiger partial charge in [0.1, 0.15) is 5.69 Å². The highest BCUT2D eigenvalue weighted by molar-refractivity contribution is 5.71. The predicted molar refractivity (Wildman–Crippen MR) is 54.4 cm³/mol. The highest BCUT2D eigenvalue weighted by atomic mass is 16.1. The van der Waals surface area contributed by atoms with Crippen LogP contribution in [0.5, 0.6) is 0 Å². The molecule has 1 aliphatic rings. The van der Waals surface area contributed by atoms with Crippen molar-refractivity contribution in [2.75, 3.05) is 0 Å². The molecule has 76 valence electrons. The number of carbonyl (C=O) groups is 1. The second-order valence-electron chi connectivity index (χ2n) is 4.05. The van der Waals surface area contributed by atoms with Crippen molar-refractivity contribution in [3.05, 3.63) is 17.5 Å². The van der Waals surface area contributed by atoms with E-state index in [0.717, 1.165) is 12.0 Å². The summed E-state index contributed by atoms with van der Waals surface area (Å²) in [5.41, 5.74) is 1.68. The van der Waals surface area contributed by atoms with Crippen LogP contribution in [-0.4, -0.2) is 16.5 Å². The van der Waals surface area contributed by atoms with Crippen LogP contribution in [0.4, 0.5) is 0 Å². The van der Waals surface area contributed by atoms with E-state index in [1.165, 1.54) is 38.5 Å². The van der Waals surface area contributed by atoms with E-state index in [-0.39, 0.29) is 0 Å². The summed E-state index contributed by atoms with van der Waals surface area (Å²) in [6.07, 6.45) is 8.59. The SMILES string of the molecule is O=Cc1cc(C2CCCCCC2)[nH]n1. The molecule has 1 aliphatic carbocycles. The van der Waals surface area contributed by atoms with Gasteiger partial charge in [-0.1, -0.05) is 25.7 Å². The largest absolute Gasteiger partial charge is 0.296 e. The summed E-state index contributed by atoms with van der Waals surface area (Å²) in [5.74, 6) is 0.596. The van der Waals surface area contributed by atoms with Gasteiger partial charge in [-0.15, -0.1) is 0 Å². The molecule has 14 heavy (non-hydrogen) atoms. The fourth-order valence-corrected chi connectivity index (χ4v) is 2.21. The van der Waals surface area contributed by atoms with Crippen molar-refractivity contribution in [2.24, 2.45) is 0 Å². The van der Waals surface area contributed by atoms with E-state index in [1.54, 1.807) is 0 Å². The number of H-pyrrole nitrogens is 1. The van der Waals surface area contributed by atoms with E-state index in [9.17, 15) is 4.79 Å². The Morgan fingerprint density at radius 3 is 2.57 bits per heavy atom. The highest BCUT2D eigenvalue weighted by Gasteiger charge is 2.16. The zero-order chi connectivity index (χ0) is 9.80. The fourth-order valence-electron chi connectivity index (χ4n) is 2.21. The summed E-state index contributed by atoms with van der Waals surface area (Å²) in [4.78, 5) is 10.5. The van der Waals surface area contributed by atoms with Crippen molar-refractivity contribution in [2.45, 2.75) is 44.4 Å². The fraction of sp³-hybridized carbons (Fsp3) is 0.636. The zero-order valence-electron chi connectivity index (χ0n) is 8.33. The Morgan fingerprint density at radius 1 is 1.29 bits per heavy atom. The lowest BCUT2D eigenvalue weighted by atomic mass is 9.97. The molecule has 0 unspecified atom stereocenters. The first-order chi connectivity index (χ1) is 6.90. The Labute approximate surface area is 83.9 Å². The van der Waals surface area contributed by atoms with Crippen LogP contribution in [0.15, 0.2) is 6.07 Å². The number of hydrogen-bond acceptors (Lipinski definition) is 2. The van der Waals surface area contributed by atoms with Gasteiger partial charge in [-0.25, -0.2) is 0 Å². The van der Waals surface area contributed by atoms with Crippen LogP contribution in [0.3, 0.4) is 0 Å². The lowest BCUT2D eigenvalue weighted by Gasteiger charge is -2.10. The molecule has 0 radical (unpaired) electrons. The first kappa shape index (κ1) is 9.44. The molecular formula is C11H16N2O. The number of aromatic nitrogens is 2. The molecular weight excluding hydrogens is 176 g/mol. The third kappa shape index (κ3) is 2.03. The number of nitrogens with zero attached hydrogens (tertiary/aromatic N) is 1. The number of rotatable bonds is 2. The van der Waals surface area contributed by atoms with Crippen LogP contribution in [-0.2, 0) is 0 Å². The first-order valence-electron chi connectivity index (χ1n) is 5.40. The standard InChI is InChI=1S/C11H16N2O/c14-8-10-7-11(13-12-10)9-5-3-1-2-4-6-9/h7-9H,1-6H2,(H,12,13). The van der Waals surface area contributed by atoms with Gasteiger partial charge in [0.05, 0.1) is 0 Å². The minimum Gasteiger partial charge on any atom is -0.296 e. The van der Waals surface area contributed by atoms with Gasteiger partial charge in [0, 0.05) is 11.6 Å². The van der Waals surface area contributed by atoms with E-state index >= 15 is 0 Å². The van der Waals surface area contributed by atoms with E-state index in [0.29, 0.717) is 11.6 Å². The average Bonchev–Trinajstić information content (AvgIpc) is 2.53. The van der Waals surface area contributed by atoms with Crippen molar-refractivity contribution >= 4 is 6.29 Å². The van der Waals surface area contributed by atoms with Gasteiger partial charge in [0.2, 0.25) is 0 Å².